The lowest BCUT2D eigenvalue weighted by Crippen LogP contribution is -2.54. The average Bonchev–Trinajstić information content (AvgIpc) is 2.74. The molecule has 1 atom stereocenters. The summed E-state index contributed by atoms with van der Waals surface area (Å²) in [6.07, 6.45) is -2.79. The lowest BCUT2D eigenvalue weighted by molar-refractivity contribution is -0.137. The summed E-state index contributed by atoms with van der Waals surface area (Å²) >= 11 is 0. The molecule has 160 valence electrons. The first-order chi connectivity index (χ1) is 14.2. The highest BCUT2D eigenvalue weighted by molar-refractivity contribution is 5.96. The molecule has 3 rings (SSSR count). The zero-order valence-electron chi connectivity index (χ0n) is 16.3. The van der Waals surface area contributed by atoms with E-state index < -0.39 is 29.7 Å². The first-order valence-electron chi connectivity index (χ1n) is 9.43. The molecule has 2 aromatic rings. The summed E-state index contributed by atoms with van der Waals surface area (Å²) in [6.45, 7) is 3.62. The fourth-order valence-electron chi connectivity index (χ4n) is 3.05. The second-order valence-electron chi connectivity index (χ2n) is 6.90. The van der Waals surface area contributed by atoms with Gasteiger partial charge in [-0.15, -0.1) is 0 Å². The van der Waals surface area contributed by atoms with Gasteiger partial charge in [0.05, 0.1) is 5.56 Å². The van der Waals surface area contributed by atoms with Gasteiger partial charge in [0.15, 0.2) is 0 Å². The summed E-state index contributed by atoms with van der Waals surface area (Å²) in [6, 6.07) is 8.65. The third kappa shape index (κ3) is 5.40. The molecule has 1 aromatic carbocycles. The van der Waals surface area contributed by atoms with Crippen LogP contribution in [0.1, 0.15) is 12.5 Å². The molecule has 1 aromatic heterocycles. The summed E-state index contributed by atoms with van der Waals surface area (Å²) in [7, 11) is 0. The van der Waals surface area contributed by atoms with Crippen LogP contribution in [0, 0.1) is 0 Å². The predicted octanol–water partition coefficient (Wildman–Crippen LogP) is 2.96. The van der Waals surface area contributed by atoms with Crippen LogP contribution in [0.4, 0.5) is 29.5 Å². The monoisotopic (exact) mass is 421 g/mol. The van der Waals surface area contributed by atoms with E-state index in [2.05, 4.69) is 20.5 Å². The molecule has 1 fully saturated rings. The van der Waals surface area contributed by atoms with Crippen LogP contribution in [0.5, 0.6) is 0 Å². The Morgan fingerprint density at radius 2 is 1.80 bits per heavy atom. The van der Waals surface area contributed by atoms with Crippen molar-refractivity contribution < 1.29 is 22.8 Å². The van der Waals surface area contributed by atoms with Gasteiger partial charge in [-0.1, -0.05) is 12.1 Å². The van der Waals surface area contributed by atoms with E-state index in [1.165, 1.54) is 19.1 Å². The van der Waals surface area contributed by atoms with E-state index in [0.29, 0.717) is 26.2 Å². The maximum Gasteiger partial charge on any atom is 0.416 e. The number of rotatable bonds is 4. The molecule has 0 bridgehead atoms. The number of carbonyl (C=O) groups excluding carboxylic acids is 2. The van der Waals surface area contributed by atoms with E-state index in [1.54, 1.807) is 11.1 Å². The molecule has 1 aliphatic rings. The van der Waals surface area contributed by atoms with Crippen LogP contribution >= 0.6 is 0 Å². The topological polar surface area (TPSA) is 77.6 Å². The first kappa shape index (κ1) is 21.4. The van der Waals surface area contributed by atoms with Crippen LogP contribution in [-0.2, 0) is 11.0 Å². The fraction of sp³-hybridized carbons (Fsp3) is 0.350. The number of piperazine rings is 1. The van der Waals surface area contributed by atoms with Gasteiger partial charge < -0.3 is 20.4 Å². The van der Waals surface area contributed by atoms with Crippen LogP contribution in [0.25, 0.3) is 0 Å². The van der Waals surface area contributed by atoms with Crippen LogP contribution in [0.2, 0.25) is 0 Å². The molecule has 0 radical (unpaired) electrons. The minimum absolute atomic E-state index is 0.0138. The van der Waals surface area contributed by atoms with Gasteiger partial charge in [-0.2, -0.15) is 13.2 Å². The van der Waals surface area contributed by atoms with E-state index >= 15 is 0 Å². The molecule has 2 heterocycles. The van der Waals surface area contributed by atoms with Crippen LogP contribution < -0.4 is 15.5 Å². The van der Waals surface area contributed by atoms with Gasteiger partial charge in [0.2, 0.25) is 5.91 Å². The van der Waals surface area contributed by atoms with E-state index in [0.717, 1.165) is 18.0 Å². The number of nitrogens with zero attached hydrogens (tertiary/aromatic N) is 3. The van der Waals surface area contributed by atoms with Crippen molar-refractivity contribution in [2.75, 3.05) is 36.4 Å². The molecule has 10 heteroatoms. The number of anilines is 2. The lowest BCUT2D eigenvalue weighted by atomic mass is 10.2. The van der Waals surface area contributed by atoms with Crippen LogP contribution in [0.3, 0.4) is 0 Å². The van der Waals surface area contributed by atoms with Gasteiger partial charge in [-0.25, -0.2) is 9.78 Å². The molecular formula is C20H22F3N5O2. The number of aromatic nitrogens is 1. The molecule has 1 saturated heterocycles. The number of pyridine rings is 1. The molecule has 0 unspecified atom stereocenters. The minimum atomic E-state index is -4.50. The van der Waals surface area contributed by atoms with E-state index in [-0.39, 0.29) is 5.69 Å². The molecule has 30 heavy (non-hydrogen) atoms. The molecule has 0 saturated carbocycles. The van der Waals surface area contributed by atoms with Gasteiger partial charge in [0.25, 0.3) is 0 Å². The smallest absolute Gasteiger partial charge is 0.353 e. The van der Waals surface area contributed by atoms with Gasteiger partial charge in [0, 0.05) is 38.1 Å². The molecular weight excluding hydrogens is 399 g/mol. The average molecular weight is 421 g/mol. The maximum absolute atomic E-state index is 12.8. The zero-order chi connectivity index (χ0) is 21.7. The van der Waals surface area contributed by atoms with Crippen molar-refractivity contribution in [2.45, 2.75) is 19.1 Å². The van der Waals surface area contributed by atoms with Gasteiger partial charge >= 0.3 is 12.2 Å². The number of urea groups is 1. The zero-order valence-corrected chi connectivity index (χ0v) is 16.3. The molecule has 1 aliphatic heterocycles. The number of hydrogen-bond acceptors (Lipinski definition) is 4. The van der Waals surface area contributed by atoms with E-state index in [9.17, 15) is 22.8 Å². The standard InChI is InChI=1S/C20H22F3N5O2/c1-14(18(29)26-16-6-4-5-15(13-16)20(21,22)23)25-19(30)28-11-9-27(10-12-28)17-7-2-3-8-24-17/h2-8,13-14H,9-12H2,1H3,(H,25,30)(H,26,29)/t14-/m1/s1. The number of benzene rings is 1. The normalized spacial score (nSPS) is 15.5. The summed E-state index contributed by atoms with van der Waals surface area (Å²) in [5.41, 5.74) is -0.845. The molecule has 2 N–H and O–H groups in total. The molecule has 0 aliphatic carbocycles. The third-order valence-electron chi connectivity index (χ3n) is 4.73. The number of carbonyl (C=O) groups is 2. The number of amides is 3. The quantitative estimate of drug-likeness (QED) is 0.796. The molecule has 0 spiro atoms. The Kier molecular flexibility index (Phi) is 6.43. The Balaban J connectivity index is 1.50. The van der Waals surface area contributed by atoms with Gasteiger partial charge in [0.1, 0.15) is 11.9 Å². The number of nitrogens with one attached hydrogen (secondary N) is 2. The van der Waals surface area contributed by atoms with Gasteiger partial charge in [-0.05, 0) is 37.3 Å². The highest BCUT2D eigenvalue weighted by Crippen LogP contribution is 2.30. The number of halogens is 3. The Morgan fingerprint density at radius 3 is 2.43 bits per heavy atom. The van der Waals surface area contributed by atoms with Crippen molar-refractivity contribution in [2.24, 2.45) is 0 Å². The number of alkyl halides is 3. The Labute approximate surface area is 171 Å². The van der Waals surface area contributed by atoms with Crippen molar-refractivity contribution in [3.63, 3.8) is 0 Å². The maximum atomic E-state index is 12.8. The highest BCUT2D eigenvalue weighted by atomic mass is 19.4. The molecule has 7 nitrogen and oxygen atoms in total. The minimum Gasteiger partial charge on any atom is -0.353 e. The summed E-state index contributed by atoms with van der Waals surface area (Å²) in [5, 5.41) is 4.99. The predicted molar refractivity (Wildman–Crippen MR) is 106 cm³/mol. The van der Waals surface area contributed by atoms with Crippen molar-refractivity contribution in [1.82, 2.24) is 15.2 Å². The van der Waals surface area contributed by atoms with Crippen molar-refractivity contribution >= 4 is 23.4 Å². The molecule has 3 amide bonds. The highest BCUT2D eigenvalue weighted by Gasteiger charge is 2.31. The Morgan fingerprint density at radius 1 is 1.07 bits per heavy atom. The summed E-state index contributed by atoms with van der Waals surface area (Å²) in [5.74, 6) is 0.237. The number of hydrogen-bond donors (Lipinski definition) is 2. The Bertz CT molecular complexity index is 884. The van der Waals surface area contributed by atoms with Crippen molar-refractivity contribution in [1.29, 1.82) is 0 Å². The second-order valence-corrected chi connectivity index (χ2v) is 6.90. The second kappa shape index (κ2) is 9.02. The van der Waals surface area contributed by atoms with Gasteiger partial charge in [-0.3, -0.25) is 4.79 Å². The summed E-state index contributed by atoms with van der Waals surface area (Å²) in [4.78, 5) is 32.7. The fourth-order valence-corrected chi connectivity index (χ4v) is 3.05. The Hall–Kier alpha value is -3.30. The third-order valence-corrected chi connectivity index (χ3v) is 4.73. The van der Waals surface area contributed by atoms with E-state index in [4.69, 9.17) is 0 Å². The summed E-state index contributed by atoms with van der Waals surface area (Å²) < 4.78 is 38.4. The SMILES string of the molecule is C[C@@H](NC(=O)N1CCN(c2ccccn2)CC1)C(=O)Nc1cccc(C(F)(F)F)c1. The van der Waals surface area contributed by atoms with Crippen molar-refractivity contribution in [3.05, 3.63) is 54.2 Å². The van der Waals surface area contributed by atoms with Crippen molar-refractivity contribution in [3.8, 4) is 0 Å². The largest absolute Gasteiger partial charge is 0.416 e. The van der Waals surface area contributed by atoms with Crippen LogP contribution in [-0.4, -0.2) is 54.0 Å². The lowest BCUT2D eigenvalue weighted by Gasteiger charge is -2.35. The first-order valence-corrected chi connectivity index (χ1v) is 9.43. The van der Waals surface area contributed by atoms with E-state index in [1.807, 2.05) is 18.2 Å². The van der Waals surface area contributed by atoms with Crippen LogP contribution in [0.15, 0.2) is 48.7 Å².